The number of aryl methyl sites for hydroxylation is 2. The van der Waals surface area contributed by atoms with Crippen LogP contribution in [0.25, 0.3) is 0 Å². The molecule has 1 heterocycles. The number of nitrogens with one attached hydrogen (secondary N) is 1. The second-order valence-electron chi connectivity index (χ2n) is 4.36. The van der Waals surface area contributed by atoms with E-state index in [1.54, 1.807) is 11.6 Å². The van der Waals surface area contributed by atoms with Gasteiger partial charge in [-0.1, -0.05) is 6.92 Å². The molecule has 0 fully saturated rings. The summed E-state index contributed by atoms with van der Waals surface area (Å²) in [7, 11) is 1.89. The van der Waals surface area contributed by atoms with E-state index in [-0.39, 0.29) is 13.2 Å². The van der Waals surface area contributed by atoms with Gasteiger partial charge in [0.1, 0.15) is 0 Å². The quantitative estimate of drug-likeness (QED) is 0.630. The van der Waals surface area contributed by atoms with Crippen molar-refractivity contribution in [3.63, 3.8) is 0 Å². The zero-order valence-electron chi connectivity index (χ0n) is 10.2. The van der Waals surface area contributed by atoms with Crippen molar-refractivity contribution in [3.8, 4) is 0 Å². The Morgan fingerprint density at radius 1 is 1.44 bits per heavy atom. The highest BCUT2D eigenvalue weighted by Gasteiger charge is 2.21. The maximum Gasteiger partial charge on any atom is 0.0666 e. The number of aromatic nitrogens is 2. The molecule has 0 aliphatic rings. The Morgan fingerprint density at radius 3 is 2.56 bits per heavy atom. The maximum absolute atomic E-state index is 9.15. The summed E-state index contributed by atoms with van der Waals surface area (Å²) >= 11 is 0. The minimum Gasteiger partial charge on any atom is -0.394 e. The lowest BCUT2D eigenvalue weighted by atomic mass is 10.0. The van der Waals surface area contributed by atoms with Crippen LogP contribution in [0.3, 0.4) is 0 Å². The molecule has 0 radical (unpaired) electrons. The van der Waals surface area contributed by atoms with Crippen molar-refractivity contribution in [1.82, 2.24) is 15.1 Å². The third kappa shape index (κ3) is 3.04. The summed E-state index contributed by atoms with van der Waals surface area (Å²) in [5, 5.41) is 25.8. The largest absolute Gasteiger partial charge is 0.394 e. The highest BCUT2D eigenvalue weighted by molar-refractivity contribution is 5.17. The molecule has 92 valence electrons. The first kappa shape index (κ1) is 13.2. The number of aliphatic hydroxyl groups excluding tert-OH is 2. The highest BCUT2D eigenvalue weighted by atomic mass is 16.3. The average Bonchev–Trinajstić information content (AvgIpc) is 2.66. The van der Waals surface area contributed by atoms with Gasteiger partial charge in [0, 0.05) is 25.4 Å². The van der Waals surface area contributed by atoms with E-state index in [0.717, 1.165) is 17.7 Å². The van der Waals surface area contributed by atoms with Gasteiger partial charge in [0.2, 0.25) is 0 Å². The second kappa shape index (κ2) is 5.43. The maximum atomic E-state index is 9.15. The molecule has 0 atom stereocenters. The normalized spacial score (nSPS) is 12.1. The third-order valence-electron chi connectivity index (χ3n) is 2.73. The third-order valence-corrected chi connectivity index (χ3v) is 2.73. The van der Waals surface area contributed by atoms with Crippen molar-refractivity contribution in [1.29, 1.82) is 0 Å². The summed E-state index contributed by atoms with van der Waals surface area (Å²) < 4.78 is 1.78. The van der Waals surface area contributed by atoms with E-state index in [4.69, 9.17) is 10.2 Å². The molecule has 1 aromatic rings. The zero-order chi connectivity index (χ0) is 12.2. The van der Waals surface area contributed by atoms with Gasteiger partial charge in [-0.2, -0.15) is 5.10 Å². The van der Waals surface area contributed by atoms with Crippen molar-refractivity contribution in [2.75, 3.05) is 13.2 Å². The molecule has 3 N–H and O–H groups in total. The van der Waals surface area contributed by atoms with Crippen LogP contribution in [-0.4, -0.2) is 38.7 Å². The van der Waals surface area contributed by atoms with Gasteiger partial charge in [-0.15, -0.1) is 0 Å². The van der Waals surface area contributed by atoms with Gasteiger partial charge in [0.05, 0.1) is 24.4 Å². The van der Waals surface area contributed by atoms with Crippen LogP contribution in [0.2, 0.25) is 0 Å². The van der Waals surface area contributed by atoms with Crippen molar-refractivity contribution < 1.29 is 10.2 Å². The molecule has 0 aliphatic carbocycles. The van der Waals surface area contributed by atoms with E-state index < -0.39 is 5.54 Å². The number of rotatable bonds is 6. The highest BCUT2D eigenvalue weighted by Crippen LogP contribution is 2.09. The minimum atomic E-state index is -0.638. The first-order chi connectivity index (χ1) is 7.54. The smallest absolute Gasteiger partial charge is 0.0666 e. The Labute approximate surface area is 96.1 Å². The summed E-state index contributed by atoms with van der Waals surface area (Å²) in [6.07, 6.45) is 2.84. The summed E-state index contributed by atoms with van der Waals surface area (Å²) in [5.41, 5.74) is 1.52. The van der Waals surface area contributed by atoms with Crippen molar-refractivity contribution in [2.45, 2.75) is 32.4 Å². The summed E-state index contributed by atoms with van der Waals surface area (Å²) in [4.78, 5) is 0. The van der Waals surface area contributed by atoms with E-state index in [1.165, 1.54) is 0 Å². The summed E-state index contributed by atoms with van der Waals surface area (Å²) in [6.45, 7) is 4.27. The van der Waals surface area contributed by atoms with Crippen LogP contribution in [0, 0.1) is 0 Å². The molecule has 0 amide bonds. The first-order valence-electron chi connectivity index (χ1n) is 5.53. The lowest BCUT2D eigenvalue weighted by Gasteiger charge is -2.26. The SMILES string of the molecule is CCc1nn(C)cc1CNC(C)(CO)CO. The van der Waals surface area contributed by atoms with Gasteiger partial charge in [0.15, 0.2) is 0 Å². The lowest BCUT2D eigenvalue weighted by Crippen LogP contribution is -2.48. The predicted molar refractivity (Wildman–Crippen MR) is 62.0 cm³/mol. The standard InChI is InChI=1S/C11H21N3O2/c1-4-10-9(6-14(3)13-10)5-12-11(2,7-15)8-16/h6,12,15-16H,4-5,7-8H2,1-3H3. The van der Waals surface area contributed by atoms with Crippen molar-refractivity contribution in [3.05, 3.63) is 17.5 Å². The van der Waals surface area contributed by atoms with Crippen molar-refractivity contribution >= 4 is 0 Å². The Bertz CT molecular complexity index is 332. The van der Waals surface area contributed by atoms with Gasteiger partial charge in [-0.05, 0) is 13.3 Å². The molecular weight excluding hydrogens is 206 g/mol. The molecule has 0 saturated carbocycles. The van der Waals surface area contributed by atoms with Crippen LogP contribution in [0.15, 0.2) is 6.20 Å². The number of hydrogen-bond acceptors (Lipinski definition) is 4. The molecule has 0 bridgehead atoms. The van der Waals surface area contributed by atoms with Crippen LogP contribution in [0.1, 0.15) is 25.1 Å². The Hall–Kier alpha value is -0.910. The monoisotopic (exact) mass is 227 g/mol. The summed E-state index contributed by atoms with van der Waals surface area (Å²) in [5.74, 6) is 0. The Kier molecular flexibility index (Phi) is 4.46. The van der Waals surface area contributed by atoms with Gasteiger partial charge in [0.25, 0.3) is 0 Å². The van der Waals surface area contributed by atoms with Crippen LogP contribution in [0.5, 0.6) is 0 Å². The average molecular weight is 227 g/mol. The summed E-state index contributed by atoms with van der Waals surface area (Å²) in [6, 6.07) is 0. The van der Waals surface area contributed by atoms with Gasteiger partial charge in [-0.25, -0.2) is 0 Å². The Morgan fingerprint density at radius 2 is 2.06 bits per heavy atom. The first-order valence-corrected chi connectivity index (χ1v) is 5.53. The molecule has 16 heavy (non-hydrogen) atoms. The fraction of sp³-hybridized carbons (Fsp3) is 0.727. The molecule has 1 aromatic heterocycles. The fourth-order valence-corrected chi connectivity index (χ4v) is 1.50. The van der Waals surface area contributed by atoms with Gasteiger partial charge in [-0.3, -0.25) is 4.68 Å². The van der Waals surface area contributed by atoms with Crippen LogP contribution < -0.4 is 5.32 Å². The molecular formula is C11H21N3O2. The van der Waals surface area contributed by atoms with E-state index in [1.807, 2.05) is 13.2 Å². The lowest BCUT2D eigenvalue weighted by molar-refractivity contribution is 0.103. The van der Waals surface area contributed by atoms with Crippen LogP contribution >= 0.6 is 0 Å². The van der Waals surface area contributed by atoms with Crippen LogP contribution in [0.4, 0.5) is 0 Å². The van der Waals surface area contributed by atoms with Crippen molar-refractivity contribution in [2.24, 2.45) is 7.05 Å². The van der Waals surface area contributed by atoms with Gasteiger partial charge < -0.3 is 15.5 Å². The van der Waals surface area contributed by atoms with E-state index in [9.17, 15) is 0 Å². The second-order valence-corrected chi connectivity index (χ2v) is 4.36. The molecule has 0 spiro atoms. The molecule has 0 aliphatic heterocycles. The van der Waals surface area contributed by atoms with E-state index in [0.29, 0.717) is 6.54 Å². The predicted octanol–water partition coefficient (Wildman–Crippen LogP) is -0.185. The number of aliphatic hydroxyl groups is 2. The van der Waals surface area contributed by atoms with Crippen LogP contribution in [-0.2, 0) is 20.0 Å². The molecule has 0 aromatic carbocycles. The number of hydrogen-bond donors (Lipinski definition) is 3. The minimum absolute atomic E-state index is 0.0920. The Balaban J connectivity index is 2.66. The van der Waals surface area contributed by atoms with E-state index >= 15 is 0 Å². The molecule has 1 rings (SSSR count). The fourth-order valence-electron chi connectivity index (χ4n) is 1.50. The van der Waals surface area contributed by atoms with E-state index in [2.05, 4.69) is 17.3 Å². The molecule has 0 saturated heterocycles. The molecule has 0 unspecified atom stereocenters. The molecule has 5 heteroatoms. The molecule has 5 nitrogen and oxygen atoms in total. The zero-order valence-corrected chi connectivity index (χ0v) is 10.2. The topological polar surface area (TPSA) is 70.3 Å². The number of nitrogens with zero attached hydrogens (tertiary/aromatic N) is 2. The van der Waals surface area contributed by atoms with Gasteiger partial charge >= 0.3 is 0 Å².